The number of nitrogens with one attached hydrogen (secondary N) is 2. The van der Waals surface area contributed by atoms with Gasteiger partial charge in [0.1, 0.15) is 0 Å². The lowest BCUT2D eigenvalue weighted by molar-refractivity contribution is -0.125. The molecule has 2 fully saturated rings. The van der Waals surface area contributed by atoms with Crippen molar-refractivity contribution in [3.63, 3.8) is 0 Å². The molecule has 0 aromatic rings. The van der Waals surface area contributed by atoms with Crippen LogP contribution in [0.15, 0.2) is 0 Å². The zero-order valence-electron chi connectivity index (χ0n) is 14.1. The second-order valence-electron chi connectivity index (χ2n) is 7.21. The normalized spacial score (nSPS) is 26.5. The van der Waals surface area contributed by atoms with Crippen molar-refractivity contribution < 1.29 is 9.59 Å². The Morgan fingerprint density at radius 1 is 0.955 bits per heavy atom. The van der Waals surface area contributed by atoms with Crippen LogP contribution in [0.3, 0.4) is 0 Å². The van der Waals surface area contributed by atoms with Crippen LogP contribution in [-0.4, -0.2) is 43.0 Å². The molecule has 0 radical (unpaired) electrons. The fraction of sp³-hybridized carbons (Fsp3) is 0.882. The molecule has 3 amide bonds. The third-order valence-electron chi connectivity index (χ3n) is 4.83. The summed E-state index contributed by atoms with van der Waals surface area (Å²) in [5.41, 5.74) is 0. The largest absolute Gasteiger partial charge is 0.354 e. The molecule has 0 aromatic heterocycles. The SMILES string of the molecule is CC1CC(C)CN(C(=O)NCCNC(=O)C2CCCCC2)C1. The fourth-order valence-electron chi connectivity index (χ4n) is 3.80. The van der Waals surface area contributed by atoms with E-state index in [1.165, 1.54) is 25.7 Å². The molecule has 0 aromatic carbocycles. The summed E-state index contributed by atoms with van der Waals surface area (Å²) in [5, 5.41) is 5.88. The number of hydrogen-bond donors (Lipinski definition) is 2. The number of rotatable bonds is 4. The van der Waals surface area contributed by atoms with E-state index in [1.807, 2.05) is 4.90 Å². The highest BCUT2D eigenvalue weighted by atomic mass is 16.2. The fourth-order valence-corrected chi connectivity index (χ4v) is 3.80. The molecule has 2 rings (SSSR count). The van der Waals surface area contributed by atoms with Crippen LogP contribution in [0.25, 0.3) is 0 Å². The molecule has 22 heavy (non-hydrogen) atoms. The first-order valence-electron chi connectivity index (χ1n) is 8.86. The summed E-state index contributed by atoms with van der Waals surface area (Å²) in [6, 6.07) is 0.00492. The van der Waals surface area contributed by atoms with E-state index in [9.17, 15) is 9.59 Å². The first kappa shape index (κ1) is 17.1. The summed E-state index contributed by atoms with van der Waals surface area (Å²) in [6.07, 6.45) is 6.82. The van der Waals surface area contributed by atoms with Crippen molar-refractivity contribution in [3.8, 4) is 0 Å². The van der Waals surface area contributed by atoms with Gasteiger partial charge in [0.25, 0.3) is 0 Å². The average Bonchev–Trinajstić information content (AvgIpc) is 2.51. The maximum absolute atomic E-state index is 12.1. The lowest BCUT2D eigenvalue weighted by atomic mass is 9.89. The van der Waals surface area contributed by atoms with Crippen LogP contribution in [0, 0.1) is 17.8 Å². The van der Waals surface area contributed by atoms with E-state index in [1.54, 1.807) is 0 Å². The maximum atomic E-state index is 12.1. The molecule has 0 bridgehead atoms. The number of carbonyl (C=O) groups excluding carboxylic acids is 2. The van der Waals surface area contributed by atoms with Gasteiger partial charge in [0.05, 0.1) is 0 Å². The molecule has 1 saturated carbocycles. The van der Waals surface area contributed by atoms with E-state index in [2.05, 4.69) is 24.5 Å². The molecule has 2 unspecified atom stereocenters. The quantitative estimate of drug-likeness (QED) is 0.783. The van der Waals surface area contributed by atoms with E-state index in [-0.39, 0.29) is 17.9 Å². The molecule has 1 saturated heterocycles. The Morgan fingerprint density at radius 2 is 1.55 bits per heavy atom. The molecule has 1 aliphatic heterocycles. The van der Waals surface area contributed by atoms with E-state index in [0.717, 1.165) is 25.9 Å². The topological polar surface area (TPSA) is 61.4 Å². The predicted octanol–water partition coefficient (Wildman–Crippen LogP) is 2.37. The Bertz CT molecular complexity index is 370. The number of urea groups is 1. The zero-order valence-corrected chi connectivity index (χ0v) is 14.1. The standard InChI is InChI=1S/C17H31N3O2/c1-13-10-14(2)12-20(11-13)17(22)19-9-8-18-16(21)15-6-4-3-5-7-15/h13-15H,3-12H2,1-2H3,(H,18,21)(H,19,22). The third kappa shape index (κ3) is 5.18. The minimum Gasteiger partial charge on any atom is -0.354 e. The molecule has 126 valence electrons. The summed E-state index contributed by atoms with van der Waals surface area (Å²) >= 11 is 0. The lowest BCUT2D eigenvalue weighted by Gasteiger charge is -2.34. The van der Waals surface area contributed by atoms with E-state index in [0.29, 0.717) is 24.9 Å². The van der Waals surface area contributed by atoms with Gasteiger partial charge < -0.3 is 15.5 Å². The molecule has 1 aliphatic carbocycles. The third-order valence-corrected chi connectivity index (χ3v) is 4.83. The first-order valence-corrected chi connectivity index (χ1v) is 8.86. The second-order valence-corrected chi connectivity index (χ2v) is 7.21. The van der Waals surface area contributed by atoms with Gasteiger partial charge in [-0.3, -0.25) is 4.79 Å². The van der Waals surface area contributed by atoms with Gasteiger partial charge in [0.2, 0.25) is 5.91 Å². The smallest absolute Gasteiger partial charge is 0.317 e. The number of carbonyl (C=O) groups is 2. The first-order chi connectivity index (χ1) is 10.6. The van der Waals surface area contributed by atoms with Crippen molar-refractivity contribution in [3.05, 3.63) is 0 Å². The average molecular weight is 309 g/mol. The Labute approximate surface area is 134 Å². The molecular weight excluding hydrogens is 278 g/mol. The van der Waals surface area contributed by atoms with Crippen molar-refractivity contribution in [2.45, 2.75) is 52.4 Å². The van der Waals surface area contributed by atoms with Gasteiger partial charge in [-0.05, 0) is 31.1 Å². The van der Waals surface area contributed by atoms with E-state index >= 15 is 0 Å². The molecule has 2 atom stereocenters. The molecule has 1 heterocycles. The Morgan fingerprint density at radius 3 is 2.18 bits per heavy atom. The van der Waals surface area contributed by atoms with Crippen molar-refractivity contribution in [2.75, 3.05) is 26.2 Å². The van der Waals surface area contributed by atoms with Gasteiger partial charge in [0.15, 0.2) is 0 Å². The number of piperidine rings is 1. The Hall–Kier alpha value is -1.26. The second kappa shape index (κ2) is 8.39. The predicted molar refractivity (Wildman–Crippen MR) is 87.5 cm³/mol. The number of amides is 3. The summed E-state index contributed by atoms with van der Waals surface area (Å²) in [7, 11) is 0. The highest BCUT2D eigenvalue weighted by Gasteiger charge is 2.25. The van der Waals surface area contributed by atoms with E-state index in [4.69, 9.17) is 0 Å². The molecule has 0 spiro atoms. The minimum atomic E-state index is 0.00492. The van der Waals surface area contributed by atoms with Crippen molar-refractivity contribution in [1.29, 1.82) is 0 Å². The summed E-state index contributed by atoms with van der Waals surface area (Å²) < 4.78 is 0. The molecule has 5 heteroatoms. The monoisotopic (exact) mass is 309 g/mol. The molecular formula is C17H31N3O2. The lowest BCUT2D eigenvalue weighted by Crippen LogP contribution is -2.49. The van der Waals surface area contributed by atoms with Gasteiger partial charge in [-0.15, -0.1) is 0 Å². The maximum Gasteiger partial charge on any atom is 0.317 e. The van der Waals surface area contributed by atoms with Gasteiger partial charge in [-0.1, -0.05) is 33.1 Å². The van der Waals surface area contributed by atoms with Gasteiger partial charge in [-0.25, -0.2) is 4.79 Å². The van der Waals surface area contributed by atoms with Crippen LogP contribution in [0.5, 0.6) is 0 Å². The van der Waals surface area contributed by atoms with Crippen molar-refractivity contribution in [2.24, 2.45) is 17.8 Å². The van der Waals surface area contributed by atoms with Gasteiger partial charge in [-0.2, -0.15) is 0 Å². The minimum absolute atomic E-state index is 0.00492. The number of hydrogen-bond acceptors (Lipinski definition) is 2. The number of nitrogens with zero attached hydrogens (tertiary/aromatic N) is 1. The molecule has 2 aliphatic rings. The Kier molecular flexibility index (Phi) is 6.52. The van der Waals surface area contributed by atoms with Crippen LogP contribution < -0.4 is 10.6 Å². The van der Waals surface area contributed by atoms with Crippen molar-refractivity contribution in [1.82, 2.24) is 15.5 Å². The number of likely N-dealkylation sites (tertiary alicyclic amines) is 1. The van der Waals surface area contributed by atoms with Crippen molar-refractivity contribution >= 4 is 11.9 Å². The zero-order chi connectivity index (χ0) is 15.9. The van der Waals surface area contributed by atoms with E-state index < -0.39 is 0 Å². The van der Waals surface area contributed by atoms with Gasteiger partial charge >= 0.3 is 6.03 Å². The van der Waals surface area contributed by atoms with Crippen LogP contribution in [0.1, 0.15) is 52.4 Å². The molecule has 5 nitrogen and oxygen atoms in total. The highest BCUT2D eigenvalue weighted by molar-refractivity contribution is 5.78. The van der Waals surface area contributed by atoms with Crippen LogP contribution in [-0.2, 0) is 4.79 Å². The Balaban J connectivity index is 1.61. The summed E-state index contributed by atoms with van der Waals surface area (Å²) in [4.78, 5) is 26.0. The van der Waals surface area contributed by atoms with Crippen LogP contribution in [0.4, 0.5) is 4.79 Å². The summed E-state index contributed by atoms with van der Waals surface area (Å²) in [5.74, 6) is 1.49. The van der Waals surface area contributed by atoms with Crippen LogP contribution >= 0.6 is 0 Å². The highest BCUT2D eigenvalue weighted by Crippen LogP contribution is 2.23. The summed E-state index contributed by atoms with van der Waals surface area (Å²) in [6.45, 7) is 7.10. The van der Waals surface area contributed by atoms with Gasteiger partial charge in [0, 0.05) is 32.1 Å². The molecule has 2 N–H and O–H groups in total. The van der Waals surface area contributed by atoms with Crippen LogP contribution in [0.2, 0.25) is 0 Å².